The second-order valence-electron chi connectivity index (χ2n) is 4.31. The molecule has 0 unspecified atom stereocenters. The van der Waals surface area contributed by atoms with Crippen molar-refractivity contribution in [2.75, 3.05) is 12.4 Å². The Balaban J connectivity index is 1.88. The molecule has 4 nitrogen and oxygen atoms in total. The van der Waals surface area contributed by atoms with Gasteiger partial charge in [-0.25, -0.2) is 4.98 Å². The summed E-state index contributed by atoms with van der Waals surface area (Å²) < 4.78 is 6.07. The number of nitrogens with one attached hydrogen (secondary N) is 1. The number of ether oxygens (including phenoxy) is 1. The molecule has 6 heteroatoms. The Morgan fingerprint density at radius 2 is 2.30 bits per heavy atom. The Morgan fingerprint density at radius 1 is 1.50 bits per heavy atom. The molecule has 0 radical (unpaired) electrons. The highest BCUT2D eigenvalue weighted by atomic mass is 79.9. The first kappa shape index (κ1) is 15.0. The predicted molar refractivity (Wildman–Crippen MR) is 84.5 cm³/mol. The zero-order chi connectivity index (χ0) is 14.5. The molecule has 2 aromatic rings. The van der Waals surface area contributed by atoms with Crippen LogP contribution in [0.25, 0.3) is 0 Å². The first-order valence-electron chi connectivity index (χ1n) is 6.13. The number of amides is 1. The molecule has 1 heterocycles. The largest absolute Gasteiger partial charge is 0.496 e. The molecule has 0 aliphatic rings. The Labute approximate surface area is 130 Å². The number of rotatable bonds is 5. The van der Waals surface area contributed by atoms with Crippen molar-refractivity contribution in [3.8, 4) is 5.75 Å². The number of hydrogen-bond donors (Lipinski definition) is 1. The average molecular weight is 355 g/mol. The van der Waals surface area contributed by atoms with Crippen molar-refractivity contribution in [2.45, 2.75) is 19.8 Å². The summed E-state index contributed by atoms with van der Waals surface area (Å²) in [5.41, 5.74) is 2.01. The molecule has 0 aliphatic heterocycles. The summed E-state index contributed by atoms with van der Waals surface area (Å²) >= 11 is 4.88. The van der Waals surface area contributed by atoms with Crippen LogP contribution in [0.1, 0.15) is 17.7 Å². The van der Waals surface area contributed by atoms with Gasteiger partial charge in [0.1, 0.15) is 5.75 Å². The number of halogens is 1. The minimum absolute atomic E-state index is 0.0220. The van der Waals surface area contributed by atoms with Crippen molar-refractivity contribution in [1.82, 2.24) is 4.98 Å². The van der Waals surface area contributed by atoms with Crippen LogP contribution >= 0.6 is 27.3 Å². The van der Waals surface area contributed by atoms with Crippen molar-refractivity contribution in [3.63, 3.8) is 0 Å². The number of methoxy groups -OCH3 is 1. The average Bonchev–Trinajstić information content (AvgIpc) is 2.82. The third kappa shape index (κ3) is 4.05. The van der Waals surface area contributed by atoms with E-state index >= 15 is 0 Å². The molecule has 2 rings (SSSR count). The molecule has 1 amide bonds. The fourth-order valence-corrected chi connectivity index (χ4v) is 3.01. The monoisotopic (exact) mass is 354 g/mol. The lowest BCUT2D eigenvalue weighted by Crippen LogP contribution is -2.12. The molecule has 0 atom stereocenters. The minimum atomic E-state index is -0.0220. The zero-order valence-electron chi connectivity index (χ0n) is 11.3. The smallest absolute Gasteiger partial charge is 0.226 e. The summed E-state index contributed by atoms with van der Waals surface area (Å²) in [7, 11) is 1.63. The van der Waals surface area contributed by atoms with Gasteiger partial charge in [0.15, 0.2) is 5.13 Å². The van der Waals surface area contributed by atoms with E-state index in [9.17, 15) is 4.79 Å². The van der Waals surface area contributed by atoms with Gasteiger partial charge in [0.25, 0.3) is 0 Å². The highest BCUT2D eigenvalue weighted by Gasteiger charge is 2.07. The second kappa shape index (κ2) is 6.85. The number of carbonyl (C=O) groups excluding carboxylic acids is 1. The molecular weight excluding hydrogens is 340 g/mol. The molecule has 0 saturated carbocycles. The molecular formula is C14H15BrN2O2S. The van der Waals surface area contributed by atoms with E-state index in [1.165, 1.54) is 11.3 Å². The van der Waals surface area contributed by atoms with E-state index < -0.39 is 0 Å². The first-order valence-corrected chi connectivity index (χ1v) is 7.80. The summed E-state index contributed by atoms with van der Waals surface area (Å²) in [6.07, 6.45) is 1.11. The third-order valence-corrected chi connectivity index (χ3v) is 4.22. The summed E-state index contributed by atoms with van der Waals surface area (Å²) in [6, 6.07) is 5.82. The van der Waals surface area contributed by atoms with Crippen LogP contribution in [0, 0.1) is 6.92 Å². The molecule has 0 aliphatic carbocycles. The van der Waals surface area contributed by atoms with Crippen molar-refractivity contribution in [1.29, 1.82) is 0 Å². The lowest BCUT2D eigenvalue weighted by Gasteiger charge is -2.06. The van der Waals surface area contributed by atoms with Gasteiger partial charge in [0.05, 0.1) is 17.3 Å². The Morgan fingerprint density at radius 3 is 2.90 bits per heavy atom. The summed E-state index contributed by atoms with van der Waals surface area (Å²) in [4.78, 5) is 16.0. The maximum Gasteiger partial charge on any atom is 0.226 e. The van der Waals surface area contributed by atoms with Crippen LogP contribution in [0.4, 0.5) is 5.13 Å². The SMILES string of the molecule is COc1ccc(CCC(=O)Nc2nc(C)cs2)cc1Br. The summed E-state index contributed by atoms with van der Waals surface area (Å²) in [6.45, 7) is 1.90. The summed E-state index contributed by atoms with van der Waals surface area (Å²) in [5, 5.41) is 5.37. The zero-order valence-corrected chi connectivity index (χ0v) is 13.7. The number of thiazole rings is 1. The molecule has 1 aromatic heterocycles. The maximum atomic E-state index is 11.8. The van der Waals surface area contributed by atoms with Crippen molar-refractivity contribution < 1.29 is 9.53 Å². The van der Waals surface area contributed by atoms with Gasteiger partial charge in [-0.2, -0.15) is 0 Å². The highest BCUT2D eigenvalue weighted by Crippen LogP contribution is 2.26. The van der Waals surface area contributed by atoms with Gasteiger partial charge < -0.3 is 10.1 Å². The molecule has 0 saturated heterocycles. The lowest BCUT2D eigenvalue weighted by atomic mass is 10.1. The van der Waals surface area contributed by atoms with Crippen LogP contribution in [0.5, 0.6) is 5.75 Å². The van der Waals surface area contributed by atoms with Crippen LogP contribution in [0.2, 0.25) is 0 Å². The van der Waals surface area contributed by atoms with Gasteiger partial charge in [-0.15, -0.1) is 11.3 Å². The number of hydrogen-bond acceptors (Lipinski definition) is 4. The standard InChI is InChI=1S/C14H15BrN2O2S/c1-9-8-20-14(16-9)17-13(18)6-4-10-3-5-12(19-2)11(15)7-10/h3,5,7-8H,4,6H2,1-2H3,(H,16,17,18). The Hall–Kier alpha value is -1.40. The number of aryl methyl sites for hydroxylation is 2. The van der Waals surface area contributed by atoms with E-state index in [4.69, 9.17) is 4.74 Å². The van der Waals surface area contributed by atoms with Crippen molar-refractivity contribution in [2.24, 2.45) is 0 Å². The first-order chi connectivity index (χ1) is 9.58. The number of benzene rings is 1. The lowest BCUT2D eigenvalue weighted by molar-refractivity contribution is -0.116. The fraction of sp³-hybridized carbons (Fsp3) is 0.286. The van der Waals surface area contributed by atoms with Crippen molar-refractivity contribution in [3.05, 3.63) is 39.3 Å². The van der Waals surface area contributed by atoms with Crippen LogP contribution in [0.3, 0.4) is 0 Å². The molecule has 1 aromatic carbocycles. The minimum Gasteiger partial charge on any atom is -0.496 e. The molecule has 0 bridgehead atoms. The second-order valence-corrected chi connectivity index (χ2v) is 6.02. The van der Waals surface area contributed by atoms with Gasteiger partial charge >= 0.3 is 0 Å². The summed E-state index contributed by atoms with van der Waals surface area (Å²) in [5.74, 6) is 0.766. The van der Waals surface area contributed by atoms with E-state index in [2.05, 4.69) is 26.2 Å². The van der Waals surface area contributed by atoms with Crippen LogP contribution in [-0.2, 0) is 11.2 Å². The normalized spacial score (nSPS) is 10.3. The van der Waals surface area contributed by atoms with E-state index in [-0.39, 0.29) is 5.91 Å². The third-order valence-electron chi connectivity index (χ3n) is 2.72. The topological polar surface area (TPSA) is 51.2 Å². The van der Waals surface area contributed by atoms with Gasteiger partial charge in [0, 0.05) is 11.8 Å². The molecule has 20 heavy (non-hydrogen) atoms. The van der Waals surface area contributed by atoms with Crippen LogP contribution < -0.4 is 10.1 Å². The molecule has 106 valence electrons. The maximum absolute atomic E-state index is 11.8. The van der Waals surface area contributed by atoms with E-state index in [1.54, 1.807) is 7.11 Å². The number of anilines is 1. The number of aromatic nitrogens is 1. The van der Waals surface area contributed by atoms with Crippen molar-refractivity contribution >= 4 is 38.3 Å². The Bertz CT molecular complexity index is 613. The number of nitrogens with zero attached hydrogens (tertiary/aromatic N) is 1. The quantitative estimate of drug-likeness (QED) is 0.888. The molecule has 0 spiro atoms. The molecule has 0 fully saturated rings. The predicted octanol–water partition coefficient (Wildman–Crippen LogP) is 3.79. The van der Waals surface area contributed by atoms with Gasteiger partial charge in [0.2, 0.25) is 5.91 Å². The van der Waals surface area contributed by atoms with Crippen LogP contribution in [-0.4, -0.2) is 18.0 Å². The van der Waals surface area contributed by atoms with E-state index in [1.807, 2.05) is 30.5 Å². The molecule has 1 N–H and O–H groups in total. The van der Waals surface area contributed by atoms with Gasteiger partial charge in [-0.1, -0.05) is 6.07 Å². The van der Waals surface area contributed by atoms with E-state index in [0.717, 1.165) is 21.5 Å². The fourth-order valence-electron chi connectivity index (χ4n) is 1.72. The van der Waals surface area contributed by atoms with Crippen LogP contribution in [0.15, 0.2) is 28.1 Å². The van der Waals surface area contributed by atoms with E-state index in [0.29, 0.717) is 18.0 Å². The van der Waals surface area contributed by atoms with Gasteiger partial charge in [-0.3, -0.25) is 4.79 Å². The Kier molecular flexibility index (Phi) is 5.14. The number of carbonyl (C=O) groups is 1. The van der Waals surface area contributed by atoms with Gasteiger partial charge in [-0.05, 0) is 47.0 Å². The highest BCUT2D eigenvalue weighted by molar-refractivity contribution is 9.10.